The monoisotopic (exact) mass is 416 g/mol. The van der Waals surface area contributed by atoms with Crippen LogP contribution < -0.4 is 15.8 Å². The summed E-state index contributed by atoms with van der Waals surface area (Å²) in [5.74, 6) is -0.802. The molecule has 0 aliphatic carbocycles. The maximum atomic E-state index is 13.3. The maximum Gasteiger partial charge on any atom is 0.416 e. The maximum absolute atomic E-state index is 13.3. The Labute approximate surface area is 170 Å². The number of aromatic nitrogens is 2. The van der Waals surface area contributed by atoms with Crippen molar-refractivity contribution < 1.29 is 18.0 Å². The van der Waals surface area contributed by atoms with E-state index in [1.807, 2.05) is 4.90 Å². The number of anilines is 2. The lowest BCUT2D eigenvalue weighted by Gasteiger charge is -2.31. The van der Waals surface area contributed by atoms with E-state index in [0.29, 0.717) is 24.4 Å². The topological polar surface area (TPSA) is 66.7 Å². The number of fused-ring (bicyclic) bond motifs is 1. The van der Waals surface area contributed by atoms with Crippen molar-refractivity contribution in [3.05, 3.63) is 70.3 Å². The SMILES string of the molecule is O=C(Nc1cc(C(F)(F)F)ccc1N1CCCCC1)c1cnc2ccccn2c1=O. The second-order valence-corrected chi connectivity index (χ2v) is 7.14. The number of nitrogens with zero attached hydrogens (tertiary/aromatic N) is 3. The van der Waals surface area contributed by atoms with Gasteiger partial charge in [-0.25, -0.2) is 4.98 Å². The summed E-state index contributed by atoms with van der Waals surface area (Å²) in [4.78, 5) is 31.5. The first-order valence-corrected chi connectivity index (χ1v) is 9.58. The van der Waals surface area contributed by atoms with E-state index in [1.54, 1.807) is 18.2 Å². The number of carbonyl (C=O) groups excluding carboxylic acids is 1. The fourth-order valence-corrected chi connectivity index (χ4v) is 3.60. The highest BCUT2D eigenvalue weighted by Gasteiger charge is 2.32. The number of benzene rings is 1. The molecule has 3 heterocycles. The molecule has 1 amide bonds. The van der Waals surface area contributed by atoms with Crippen LogP contribution >= 0.6 is 0 Å². The van der Waals surface area contributed by atoms with E-state index >= 15 is 0 Å². The van der Waals surface area contributed by atoms with Crippen LogP contribution in [-0.4, -0.2) is 28.4 Å². The largest absolute Gasteiger partial charge is 0.416 e. The third kappa shape index (κ3) is 3.87. The Balaban J connectivity index is 1.72. The summed E-state index contributed by atoms with van der Waals surface area (Å²) in [6.07, 6.45) is 0.961. The molecule has 6 nitrogen and oxygen atoms in total. The summed E-state index contributed by atoms with van der Waals surface area (Å²) in [5.41, 5.74) is -0.816. The van der Waals surface area contributed by atoms with E-state index in [2.05, 4.69) is 10.3 Å². The molecule has 1 aromatic carbocycles. The number of nitrogens with one attached hydrogen (secondary N) is 1. The third-order valence-corrected chi connectivity index (χ3v) is 5.13. The number of rotatable bonds is 3. The van der Waals surface area contributed by atoms with Gasteiger partial charge in [-0.1, -0.05) is 6.07 Å². The van der Waals surface area contributed by atoms with E-state index in [-0.39, 0.29) is 11.3 Å². The van der Waals surface area contributed by atoms with Crippen LogP contribution in [-0.2, 0) is 6.18 Å². The lowest BCUT2D eigenvalue weighted by Crippen LogP contribution is -2.31. The minimum absolute atomic E-state index is 0.0225. The number of amides is 1. The standard InChI is InChI=1S/C21H19F3N4O2/c22-21(23,24)14-7-8-17(27-9-3-1-4-10-27)16(12-14)26-19(29)15-13-25-18-6-2-5-11-28(18)20(15)30/h2,5-8,11-13H,1,3-4,9-10H2,(H,26,29). The summed E-state index contributed by atoms with van der Waals surface area (Å²) in [6.45, 7) is 1.38. The van der Waals surface area contributed by atoms with E-state index in [0.717, 1.165) is 37.6 Å². The number of hydrogen-bond acceptors (Lipinski definition) is 4. The predicted molar refractivity (Wildman–Crippen MR) is 107 cm³/mol. The highest BCUT2D eigenvalue weighted by Crippen LogP contribution is 2.36. The number of hydrogen-bond donors (Lipinski definition) is 1. The van der Waals surface area contributed by atoms with Gasteiger partial charge in [-0.3, -0.25) is 14.0 Å². The van der Waals surface area contributed by atoms with Gasteiger partial charge in [-0.15, -0.1) is 0 Å². The smallest absolute Gasteiger partial charge is 0.370 e. The van der Waals surface area contributed by atoms with Crippen LogP contribution in [0.15, 0.2) is 53.6 Å². The molecule has 2 aromatic heterocycles. The lowest BCUT2D eigenvalue weighted by atomic mass is 10.1. The van der Waals surface area contributed by atoms with E-state index < -0.39 is 23.2 Å². The molecule has 3 aromatic rings. The Hall–Kier alpha value is -3.36. The van der Waals surface area contributed by atoms with Gasteiger partial charge >= 0.3 is 6.18 Å². The molecule has 1 saturated heterocycles. The average Bonchev–Trinajstić information content (AvgIpc) is 2.74. The van der Waals surface area contributed by atoms with Crippen molar-refractivity contribution >= 4 is 22.9 Å². The van der Waals surface area contributed by atoms with Gasteiger partial charge in [0.15, 0.2) is 0 Å². The molecular formula is C21H19F3N4O2. The third-order valence-electron chi connectivity index (χ3n) is 5.13. The highest BCUT2D eigenvalue weighted by molar-refractivity contribution is 6.05. The van der Waals surface area contributed by atoms with Crippen LogP contribution in [0.2, 0.25) is 0 Å². The lowest BCUT2D eigenvalue weighted by molar-refractivity contribution is -0.137. The minimum atomic E-state index is -4.55. The van der Waals surface area contributed by atoms with Crippen LogP contribution in [0.4, 0.5) is 24.5 Å². The molecule has 156 valence electrons. The normalized spacial score (nSPS) is 14.7. The van der Waals surface area contributed by atoms with Gasteiger partial charge in [0.2, 0.25) is 0 Å². The fourth-order valence-electron chi connectivity index (χ4n) is 3.60. The van der Waals surface area contributed by atoms with Crippen LogP contribution in [0.25, 0.3) is 5.65 Å². The zero-order valence-corrected chi connectivity index (χ0v) is 15.9. The van der Waals surface area contributed by atoms with Crippen molar-refractivity contribution in [1.29, 1.82) is 0 Å². The first-order chi connectivity index (χ1) is 14.3. The molecule has 0 radical (unpaired) electrons. The summed E-state index contributed by atoms with van der Waals surface area (Å²) in [5, 5.41) is 2.51. The summed E-state index contributed by atoms with van der Waals surface area (Å²) < 4.78 is 41.0. The molecule has 1 aliphatic heterocycles. The van der Waals surface area contributed by atoms with E-state index in [4.69, 9.17) is 0 Å². The Kier molecular flexibility index (Phi) is 5.19. The van der Waals surface area contributed by atoms with Gasteiger partial charge in [0, 0.05) is 25.5 Å². The quantitative estimate of drug-likeness (QED) is 0.702. The van der Waals surface area contributed by atoms with E-state index in [9.17, 15) is 22.8 Å². The Morgan fingerprint density at radius 2 is 1.83 bits per heavy atom. The number of pyridine rings is 1. The molecule has 0 atom stereocenters. The average molecular weight is 416 g/mol. The molecule has 4 rings (SSSR count). The van der Waals surface area contributed by atoms with Crippen molar-refractivity contribution in [3.63, 3.8) is 0 Å². The van der Waals surface area contributed by atoms with Crippen LogP contribution in [0.3, 0.4) is 0 Å². The summed E-state index contributed by atoms with van der Waals surface area (Å²) in [6, 6.07) is 8.23. The molecule has 1 N–H and O–H groups in total. The van der Waals surface area contributed by atoms with Crippen molar-refractivity contribution in [2.45, 2.75) is 25.4 Å². The van der Waals surface area contributed by atoms with Crippen LogP contribution in [0.5, 0.6) is 0 Å². The first kappa shape index (κ1) is 19.9. The Bertz CT molecular complexity index is 1150. The summed E-state index contributed by atoms with van der Waals surface area (Å²) in [7, 11) is 0. The minimum Gasteiger partial charge on any atom is -0.370 e. The van der Waals surface area contributed by atoms with E-state index in [1.165, 1.54) is 16.7 Å². The van der Waals surface area contributed by atoms with Gasteiger partial charge in [0.05, 0.1) is 16.9 Å². The van der Waals surface area contributed by atoms with Gasteiger partial charge in [-0.05, 0) is 49.6 Å². The second kappa shape index (κ2) is 7.81. The van der Waals surface area contributed by atoms with Crippen LogP contribution in [0.1, 0.15) is 35.2 Å². The molecular weight excluding hydrogens is 397 g/mol. The van der Waals surface area contributed by atoms with Crippen molar-refractivity contribution in [2.75, 3.05) is 23.3 Å². The predicted octanol–water partition coefficient (Wildman–Crippen LogP) is 3.96. The fraction of sp³-hybridized carbons (Fsp3) is 0.286. The van der Waals surface area contributed by atoms with Crippen molar-refractivity contribution in [1.82, 2.24) is 9.38 Å². The molecule has 0 unspecified atom stereocenters. The Morgan fingerprint density at radius 3 is 2.57 bits per heavy atom. The molecule has 1 aliphatic rings. The van der Waals surface area contributed by atoms with Gasteiger partial charge in [0.1, 0.15) is 11.2 Å². The highest BCUT2D eigenvalue weighted by atomic mass is 19.4. The van der Waals surface area contributed by atoms with Crippen molar-refractivity contribution in [2.24, 2.45) is 0 Å². The van der Waals surface area contributed by atoms with Crippen LogP contribution in [0, 0.1) is 0 Å². The zero-order valence-electron chi connectivity index (χ0n) is 15.9. The van der Waals surface area contributed by atoms with Crippen molar-refractivity contribution in [3.8, 4) is 0 Å². The number of alkyl halides is 3. The molecule has 0 spiro atoms. The van der Waals surface area contributed by atoms with Gasteiger partial charge < -0.3 is 10.2 Å². The summed E-state index contributed by atoms with van der Waals surface area (Å²) >= 11 is 0. The first-order valence-electron chi connectivity index (χ1n) is 9.58. The van der Waals surface area contributed by atoms with Gasteiger partial charge in [0.25, 0.3) is 11.5 Å². The number of piperidine rings is 1. The van der Waals surface area contributed by atoms with Gasteiger partial charge in [-0.2, -0.15) is 13.2 Å². The molecule has 0 bridgehead atoms. The Morgan fingerprint density at radius 1 is 1.07 bits per heavy atom. The second-order valence-electron chi connectivity index (χ2n) is 7.14. The molecule has 30 heavy (non-hydrogen) atoms. The molecule has 1 fully saturated rings. The molecule has 0 saturated carbocycles. The zero-order chi connectivity index (χ0) is 21.3. The number of carbonyl (C=O) groups is 1. The molecule has 9 heteroatoms. The number of halogens is 3.